The lowest BCUT2D eigenvalue weighted by atomic mass is 9.86. The van der Waals surface area contributed by atoms with Crippen molar-refractivity contribution in [2.75, 3.05) is 23.5 Å². The van der Waals surface area contributed by atoms with Crippen molar-refractivity contribution in [1.29, 1.82) is 0 Å². The average molecular weight is 402 g/mol. The fourth-order valence-corrected chi connectivity index (χ4v) is 4.17. The molecular weight excluding hydrogens is 376 g/mol. The van der Waals surface area contributed by atoms with Crippen LogP contribution in [0.5, 0.6) is 5.75 Å². The van der Waals surface area contributed by atoms with Crippen LogP contribution >= 0.6 is 0 Å². The molecule has 1 heterocycles. The van der Waals surface area contributed by atoms with E-state index in [-0.39, 0.29) is 5.41 Å². The second-order valence-corrected chi connectivity index (χ2v) is 8.24. The van der Waals surface area contributed by atoms with Crippen molar-refractivity contribution in [3.63, 3.8) is 0 Å². The maximum atomic E-state index is 12.1. The fourth-order valence-electron chi connectivity index (χ4n) is 4.17. The molecule has 1 N–H and O–H groups in total. The highest BCUT2D eigenvalue weighted by molar-refractivity contribution is 5.95. The Morgan fingerprint density at radius 2 is 1.70 bits per heavy atom. The Morgan fingerprint density at radius 1 is 1.03 bits per heavy atom. The standard InChI is InChI=1S/C25H26N2O3/c1-25(2)17-26(16-18-7-5-4-6-8-18)23-14-11-20(15-22(23)25)27(24(28)29)19-9-12-21(30-3)13-10-19/h4-15H,16-17H2,1-3H3,(H,28,29). The number of carbonyl (C=O) groups is 1. The second-order valence-electron chi connectivity index (χ2n) is 8.24. The Hall–Kier alpha value is -3.47. The number of benzene rings is 3. The number of ether oxygens (including phenoxy) is 1. The minimum Gasteiger partial charge on any atom is -0.497 e. The molecule has 5 nitrogen and oxygen atoms in total. The van der Waals surface area contributed by atoms with E-state index < -0.39 is 6.09 Å². The van der Waals surface area contributed by atoms with Gasteiger partial charge in [-0.05, 0) is 53.6 Å². The van der Waals surface area contributed by atoms with E-state index in [0.29, 0.717) is 17.1 Å². The molecule has 3 aromatic rings. The number of anilines is 3. The molecule has 0 saturated heterocycles. The molecule has 1 amide bonds. The van der Waals surface area contributed by atoms with Gasteiger partial charge in [0.2, 0.25) is 0 Å². The first kappa shape index (κ1) is 19.8. The molecule has 0 fully saturated rings. The third-order valence-electron chi connectivity index (χ3n) is 5.63. The highest BCUT2D eigenvalue weighted by Crippen LogP contribution is 2.43. The highest BCUT2D eigenvalue weighted by atomic mass is 16.5. The third-order valence-corrected chi connectivity index (χ3v) is 5.63. The zero-order chi connectivity index (χ0) is 21.3. The van der Waals surface area contributed by atoms with Crippen molar-refractivity contribution in [2.45, 2.75) is 25.8 Å². The smallest absolute Gasteiger partial charge is 0.416 e. The number of amides is 1. The summed E-state index contributed by atoms with van der Waals surface area (Å²) < 4.78 is 5.19. The quantitative estimate of drug-likeness (QED) is 0.585. The van der Waals surface area contributed by atoms with E-state index in [4.69, 9.17) is 4.74 Å². The van der Waals surface area contributed by atoms with E-state index in [1.54, 1.807) is 31.4 Å². The summed E-state index contributed by atoms with van der Waals surface area (Å²) in [6.45, 7) is 6.13. The van der Waals surface area contributed by atoms with Crippen molar-refractivity contribution in [3.8, 4) is 5.75 Å². The average Bonchev–Trinajstić information content (AvgIpc) is 2.99. The second kappa shape index (κ2) is 7.75. The van der Waals surface area contributed by atoms with Crippen LogP contribution in [0, 0.1) is 0 Å². The lowest BCUT2D eigenvalue weighted by molar-refractivity contribution is 0.205. The maximum absolute atomic E-state index is 12.1. The Morgan fingerprint density at radius 3 is 2.33 bits per heavy atom. The van der Waals surface area contributed by atoms with E-state index in [2.05, 4.69) is 43.0 Å². The Balaban J connectivity index is 1.70. The molecular formula is C25H26N2O3. The molecule has 0 atom stereocenters. The predicted octanol–water partition coefficient (Wildman–Crippen LogP) is 5.81. The number of hydrogen-bond acceptors (Lipinski definition) is 3. The van der Waals surface area contributed by atoms with Crippen molar-refractivity contribution in [3.05, 3.63) is 83.9 Å². The molecule has 154 valence electrons. The van der Waals surface area contributed by atoms with Gasteiger partial charge in [0.25, 0.3) is 0 Å². The molecule has 0 unspecified atom stereocenters. The van der Waals surface area contributed by atoms with E-state index in [0.717, 1.165) is 24.3 Å². The SMILES string of the molecule is COc1ccc(N(C(=O)O)c2ccc3c(c2)C(C)(C)CN3Cc2ccccc2)cc1. The van der Waals surface area contributed by atoms with E-state index in [9.17, 15) is 9.90 Å². The van der Waals surface area contributed by atoms with Crippen LogP contribution in [0.15, 0.2) is 72.8 Å². The number of fused-ring (bicyclic) bond motifs is 1. The molecule has 1 aliphatic rings. The molecule has 0 radical (unpaired) electrons. The lowest BCUT2D eigenvalue weighted by Gasteiger charge is -2.23. The first-order valence-corrected chi connectivity index (χ1v) is 9.99. The van der Waals surface area contributed by atoms with Crippen LogP contribution < -0.4 is 14.5 Å². The summed E-state index contributed by atoms with van der Waals surface area (Å²) in [6, 6.07) is 23.4. The van der Waals surface area contributed by atoms with Crippen LogP contribution in [0.25, 0.3) is 0 Å². The van der Waals surface area contributed by atoms with Gasteiger partial charge in [0.1, 0.15) is 5.75 Å². The van der Waals surface area contributed by atoms with E-state index >= 15 is 0 Å². The molecule has 30 heavy (non-hydrogen) atoms. The summed E-state index contributed by atoms with van der Waals surface area (Å²) in [4.78, 5) is 15.8. The number of hydrogen-bond donors (Lipinski definition) is 1. The van der Waals surface area contributed by atoms with Crippen LogP contribution in [0.3, 0.4) is 0 Å². The number of methoxy groups -OCH3 is 1. The molecule has 0 bridgehead atoms. The first-order chi connectivity index (χ1) is 14.4. The summed E-state index contributed by atoms with van der Waals surface area (Å²) in [5, 5.41) is 9.92. The fraction of sp³-hybridized carbons (Fsp3) is 0.240. The Labute approximate surface area is 177 Å². The number of nitrogens with zero attached hydrogens (tertiary/aromatic N) is 2. The summed E-state index contributed by atoms with van der Waals surface area (Å²) in [6.07, 6.45) is -1.02. The third kappa shape index (κ3) is 3.71. The van der Waals surface area contributed by atoms with Crippen molar-refractivity contribution in [1.82, 2.24) is 0 Å². The molecule has 1 aliphatic heterocycles. The number of carboxylic acid groups (broad SMARTS) is 1. The van der Waals surface area contributed by atoms with Gasteiger partial charge in [-0.25, -0.2) is 9.69 Å². The van der Waals surface area contributed by atoms with Gasteiger partial charge in [0, 0.05) is 24.2 Å². The van der Waals surface area contributed by atoms with E-state index in [1.165, 1.54) is 10.5 Å². The van der Waals surface area contributed by atoms with Gasteiger partial charge in [-0.15, -0.1) is 0 Å². The minimum atomic E-state index is -1.02. The normalized spacial score (nSPS) is 14.3. The summed E-state index contributed by atoms with van der Waals surface area (Å²) >= 11 is 0. The topological polar surface area (TPSA) is 53.0 Å². The van der Waals surface area contributed by atoms with Crippen LogP contribution in [-0.4, -0.2) is 24.9 Å². The zero-order valence-electron chi connectivity index (χ0n) is 17.5. The lowest BCUT2D eigenvalue weighted by Crippen LogP contribution is -2.28. The molecule has 3 aromatic carbocycles. The van der Waals surface area contributed by atoms with Crippen molar-refractivity contribution < 1.29 is 14.6 Å². The summed E-state index contributed by atoms with van der Waals surface area (Å²) in [5.41, 5.74) is 4.73. The molecule has 0 aliphatic carbocycles. The Bertz CT molecular complexity index is 1050. The van der Waals surface area contributed by atoms with E-state index in [1.807, 2.05) is 24.3 Å². The Kier molecular flexibility index (Phi) is 5.12. The molecule has 4 rings (SSSR count). The van der Waals surface area contributed by atoms with Gasteiger partial charge in [-0.3, -0.25) is 0 Å². The van der Waals surface area contributed by atoms with Crippen LogP contribution in [0.1, 0.15) is 25.0 Å². The number of rotatable bonds is 5. The monoisotopic (exact) mass is 402 g/mol. The summed E-state index contributed by atoms with van der Waals surface area (Å²) in [5.74, 6) is 0.690. The largest absolute Gasteiger partial charge is 0.497 e. The van der Waals surface area contributed by atoms with Gasteiger partial charge in [0.15, 0.2) is 0 Å². The van der Waals surface area contributed by atoms with Crippen LogP contribution in [0.2, 0.25) is 0 Å². The molecule has 0 aromatic heterocycles. The molecule has 0 saturated carbocycles. The van der Waals surface area contributed by atoms with Gasteiger partial charge in [-0.1, -0.05) is 44.2 Å². The minimum absolute atomic E-state index is 0.0792. The van der Waals surface area contributed by atoms with Crippen LogP contribution in [-0.2, 0) is 12.0 Å². The predicted molar refractivity (Wildman–Crippen MR) is 120 cm³/mol. The molecule has 0 spiro atoms. The first-order valence-electron chi connectivity index (χ1n) is 9.99. The van der Waals surface area contributed by atoms with Gasteiger partial charge >= 0.3 is 6.09 Å². The van der Waals surface area contributed by atoms with Crippen molar-refractivity contribution in [2.24, 2.45) is 0 Å². The van der Waals surface area contributed by atoms with Crippen molar-refractivity contribution >= 4 is 23.2 Å². The highest BCUT2D eigenvalue weighted by Gasteiger charge is 2.36. The van der Waals surface area contributed by atoms with Crippen LogP contribution in [0.4, 0.5) is 21.9 Å². The summed E-state index contributed by atoms with van der Waals surface area (Å²) in [7, 11) is 1.59. The maximum Gasteiger partial charge on any atom is 0.416 e. The van der Waals surface area contributed by atoms with Gasteiger partial charge in [0.05, 0.1) is 18.5 Å². The van der Waals surface area contributed by atoms with Gasteiger partial charge in [-0.2, -0.15) is 0 Å². The molecule has 5 heteroatoms. The van der Waals surface area contributed by atoms with Gasteiger partial charge < -0.3 is 14.7 Å². The zero-order valence-corrected chi connectivity index (χ0v) is 17.5.